The molecule has 3 atom stereocenters. The molecule has 4 heteroatoms. The third-order valence-corrected chi connectivity index (χ3v) is 3.02. The molecule has 1 aromatic rings. The first kappa shape index (κ1) is 7.38. The van der Waals surface area contributed by atoms with Gasteiger partial charge < -0.3 is 15.0 Å². The monoisotopic (exact) mass is 180 g/mol. The van der Waals surface area contributed by atoms with E-state index < -0.39 is 0 Å². The summed E-state index contributed by atoms with van der Waals surface area (Å²) in [5, 5.41) is 3.69. The van der Waals surface area contributed by atoms with E-state index in [0.717, 1.165) is 18.6 Å². The molecule has 0 aromatic carbocycles. The zero-order chi connectivity index (χ0) is 8.84. The molecule has 0 aliphatic carbocycles. The molecule has 0 amide bonds. The second kappa shape index (κ2) is 2.48. The van der Waals surface area contributed by atoms with Crippen LogP contribution in [0.2, 0.25) is 0 Å². The number of nitrogens with zero attached hydrogens (tertiary/aromatic N) is 1. The van der Waals surface area contributed by atoms with Gasteiger partial charge in [0.05, 0.1) is 12.2 Å². The van der Waals surface area contributed by atoms with Crippen LogP contribution in [0.15, 0.2) is 10.6 Å². The number of nitrogen functional groups attached to an aromatic ring is 1. The van der Waals surface area contributed by atoms with E-state index in [-0.39, 0.29) is 0 Å². The van der Waals surface area contributed by atoms with Crippen LogP contribution < -0.4 is 5.73 Å². The molecule has 3 rings (SSSR count). The van der Waals surface area contributed by atoms with E-state index in [0.29, 0.717) is 23.9 Å². The molecule has 0 radical (unpaired) electrons. The minimum atomic E-state index is 0.345. The number of fused-ring (bicyclic) bond motifs is 2. The first-order chi connectivity index (χ1) is 6.33. The first-order valence-corrected chi connectivity index (χ1v) is 4.70. The fourth-order valence-electron chi connectivity index (χ4n) is 2.42. The van der Waals surface area contributed by atoms with Crippen molar-refractivity contribution in [3.63, 3.8) is 0 Å². The lowest BCUT2D eigenvalue weighted by atomic mass is 9.87. The molecule has 2 aliphatic rings. The Bertz CT molecular complexity index is 323. The molecule has 2 N–H and O–H groups in total. The zero-order valence-electron chi connectivity index (χ0n) is 7.27. The van der Waals surface area contributed by atoms with Gasteiger partial charge in [0.25, 0.3) is 0 Å². The van der Waals surface area contributed by atoms with Crippen LogP contribution in [0.3, 0.4) is 0 Å². The summed E-state index contributed by atoms with van der Waals surface area (Å²) in [5.74, 6) is 1.76. The summed E-state index contributed by atoms with van der Waals surface area (Å²) in [7, 11) is 0. The van der Waals surface area contributed by atoms with Gasteiger partial charge in [-0.1, -0.05) is 5.16 Å². The van der Waals surface area contributed by atoms with Gasteiger partial charge in [-0.3, -0.25) is 0 Å². The molecule has 4 nitrogen and oxygen atoms in total. The Morgan fingerprint density at radius 2 is 2.38 bits per heavy atom. The lowest BCUT2D eigenvalue weighted by Gasteiger charge is -2.14. The van der Waals surface area contributed by atoms with Gasteiger partial charge in [-0.15, -0.1) is 0 Å². The fraction of sp³-hybridized carbons (Fsp3) is 0.667. The van der Waals surface area contributed by atoms with Crippen molar-refractivity contribution in [2.45, 2.75) is 37.4 Å². The van der Waals surface area contributed by atoms with E-state index in [1.165, 1.54) is 6.42 Å². The van der Waals surface area contributed by atoms with E-state index in [9.17, 15) is 0 Å². The van der Waals surface area contributed by atoms with Crippen LogP contribution in [-0.2, 0) is 4.74 Å². The highest BCUT2D eigenvalue weighted by Gasteiger charge is 2.43. The van der Waals surface area contributed by atoms with E-state index in [4.69, 9.17) is 15.0 Å². The number of hydrogen-bond donors (Lipinski definition) is 1. The van der Waals surface area contributed by atoms with Crippen molar-refractivity contribution in [1.82, 2.24) is 5.16 Å². The van der Waals surface area contributed by atoms with Gasteiger partial charge >= 0.3 is 0 Å². The average molecular weight is 180 g/mol. The summed E-state index contributed by atoms with van der Waals surface area (Å²) in [6.07, 6.45) is 4.21. The van der Waals surface area contributed by atoms with Gasteiger partial charge in [0, 0.05) is 12.0 Å². The van der Waals surface area contributed by atoms with Crippen LogP contribution >= 0.6 is 0 Å². The Labute approximate surface area is 76.0 Å². The Kier molecular flexibility index (Phi) is 1.41. The third kappa shape index (κ3) is 1.05. The summed E-state index contributed by atoms with van der Waals surface area (Å²) in [5.41, 5.74) is 5.50. The molecule has 1 aromatic heterocycles. The molecular weight excluding hydrogens is 168 g/mol. The Morgan fingerprint density at radius 3 is 2.92 bits per heavy atom. The summed E-state index contributed by atoms with van der Waals surface area (Å²) < 4.78 is 10.9. The van der Waals surface area contributed by atoms with E-state index in [1.807, 2.05) is 6.07 Å². The topological polar surface area (TPSA) is 61.3 Å². The zero-order valence-corrected chi connectivity index (χ0v) is 7.27. The molecular formula is C9H12N2O2. The number of aromatic nitrogens is 1. The van der Waals surface area contributed by atoms with Crippen molar-refractivity contribution >= 4 is 5.82 Å². The Morgan fingerprint density at radius 1 is 1.46 bits per heavy atom. The lowest BCUT2D eigenvalue weighted by molar-refractivity contribution is 0.0979. The van der Waals surface area contributed by atoms with Gasteiger partial charge in [-0.2, -0.15) is 0 Å². The highest BCUT2D eigenvalue weighted by atomic mass is 16.5. The van der Waals surface area contributed by atoms with Gasteiger partial charge in [0.2, 0.25) is 0 Å². The number of anilines is 1. The lowest BCUT2D eigenvalue weighted by Crippen LogP contribution is -2.13. The van der Waals surface area contributed by atoms with E-state index in [2.05, 4.69) is 5.16 Å². The first-order valence-electron chi connectivity index (χ1n) is 4.70. The molecule has 3 unspecified atom stereocenters. The van der Waals surface area contributed by atoms with Crippen molar-refractivity contribution in [3.05, 3.63) is 11.8 Å². The second-order valence-electron chi connectivity index (χ2n) is 3.87. The molecule has 13 heavy (non-hydrogen) atoms. The summed E-state index contributed by atoms with van der Waals surface area (Å²) in [6.45, 7) is 0. The summed E-state index contributed by atoms with van der Waals surface area (Å²) in [6, 6.07) is 1.81. The number of rotatable bonds is 1. The maximum Gasteiger partial charge on any atom is 0.167 e. The highest BCUT2D eigenvalue weighted by molar-refractivity contribution is 5.29. The van der Waals surface area contributed by atoms with Crippen molar-refractivity contribution in [2.75, 3.05) is 5.73 Å². The molecule has 2 bridgehead atoms. The maximum atomic E-state index is 5.72. The third-order valence-electron chi connectivity index (χ3n) is 3.02. The molecule has 2 saturated heterocycles. The van der Waals surface area contributed by atoms with Crippen molar-refractivity contribution < 1.29 is 9.26 Å². The van der Waals surface area contributed by atoms with Crippen LogP contribution in [0.25, 0.3) is 0 Å². The van der Waals surface area contributed by atoms with Crippen LogP contribution in [0.5, 0.6) is 0 Å². The summed E-state index contributed by atoms with van der Waals surface area (Å²) >= 11 is 0. The molecule has 2 aliphatic heterocycles. The number of nitrogens with two attached hydrogens (primary N) is 1. The Balaban J connectivity index is 1.87. The van der Waals surface area contributed by atoms with Gasteiger partial charge in [0.1, 0.15) is 5.76 Å². The molecule has 0 spiro atoms. The SMILES string of the molecule is Nc1cc(C2CC3CCC2O3)on1. The normalized spacial score (nSPS) is 37.1. The van der Waals surface area contributed by atoms with Crippen LogP contribution in [0, 0.1) is 0 Å². The van der Waals surface area contributed by atoms with E-state index in [1.54, 1.807) is 0 Å². The molecule has 70 valence electrons. The number of ether oxygens (including phenoxy) is 1. The minimum Gasteiger partial charge on any atom is -0.381 e. The maximum absolute atomic E-state index is 5.72. The Hall–Kier alpha value is -1.03. The van der Waals surface area contributed by atoms with Crippen molar-refractivity contribution in [1.29, 1.82) is 0 Å². The van der Waals surface area contributed by atoms with E-state index >= 15 is 0 Å². The predicted molar refractivity (Wildman–Crippen MR) is 46.2 cm³/mol. The standard InChI is InChI=1S/C9H12N2O2/c10-9-4-8(13-11-9)6-3-5-1-2-7(6)12-5/h4-7H,1-3H2,(H2,10,11). The smallest absolute Gasteiger partial charge is 0.167 e. The highest BCUT2D eigenvalue weighted by Crippen LogP contribution is 2.44. The van der Waals surface area contributed by atoms with Crippen LogP contribution in [0.4, 0.5) is 5.82 Å². The second-order valence-corrected chi connectivity index (χ2v) is 3.87. The average Bonchev–Trinajstić information content (AvgIpc) is 2.77. The quantitative estimate of drug-likeness (QED) is 0.707. The van der Waals surface area contributed by atoms with Crippen LogP contribution in [0.1, 0.15) is 30.9 Å². The summed E-state index contributed by atoms with van der Waals surface area (Å²) in [4.78, 5) is 0. The van der Waals surface area contributed by atoms with Gasteiger partial charge in [-0.05, 0) is 19.3 Å². The van der Waals surface area contributed by atoms with Crippen molar-refractivity contribution in [3.8, 4) is 0 Å². The fourth-order valence-corrected chi connectivity index (χ4v) is 2.42. The molecule has 2 fully saturated rings. The largest absolute Gasteiger partial charge is 0.381 e. The molecule has 0 saturated carbocycles. The van der Waals surface area contributed by atoms with Gasteiger partial charge in [-0.25, -0.2) is 0 Å². The van der Waals surface area contributed by atoms with Crippen molar-refractivity contribution in [2.24, 2.45) is 0 Å². The predicted octanol–water partition coefficient (Wildman–Crippen LogP) is 1.29. The number of hydrogen-bond acceptors (Lipinski definition) is 4. The molecule has 3 heterocycles. The van der Waals surface area contributed by atoms with Gasteiger partial charge in [0.15, 0.2) is 5.82 Å². The minimum absolute atomic E-state index is 0.345. The van der Waals surface area contributed by atoms with Crippen LogP contribution in [-0.4, -0.2) is 17.4 Å².